The van der Waals surface area contributed by atoms with E-state index in [-0.39, 0.29) is 31.8 Å². The summed E-state index contributed by atoms with van der Waals surface area (Å²) < 4.78 is 6.18. The largest absolute Gasteiger partial charge is 0.460 e. The molecule has 7 heteroatoms. The highest BCUT2D eigenvalue weighted by Crippen LogP contribution is 2.17. The van der Waals surface area contributed by atoms with Crippen LogP contribution in [0, 0.1) is 0 Å². The summed E-state index contributed by atoms with van der Waals surface area (Å²) in [7, 11) is 0. The average Bonchev–Trinajstić information content (AvgIpc) is 2.57. The van der Waals surface area contributed by atoms with E-state index in [0.717, 1.165) is 16.3 Å². The van der Waals surface area contributed by atoms with Crippen LogP contribution in [0.15, 0.2) is 28.7 Å². The number of aldehydes is 1. The zero-order valence-corrected chi connectivity index (χ0v) is 18.0. The van der Waals surface area contributed by atoms with Gasteiger partial charge in [0.15, 0.2) is 0 Å². The van der Waals surface area contributed by atoms with Gasteiger partial charge in [-0.05, 0) is 51.8 Å². The molecule has 0 spiro atoms. The highest BCUT2D eigenvalue weighted by atomic mass is 79.9. The molecular formula is C20H28BrNO5. The minimum absolute atomic E-state index is 0.0359. The van der Waals surface area contributed by atoms with Gasteiger partial charge in [0.1, 0.15) is 11.9 Å². The molecule has 6 nitrogen and oxygen atoms in total. The Kier molecular flexibility index (Phi) is 9.66. The van der Waals surface area contributed by atoms with Crippen molar-refractivity contribution in [1.29, 1.82) is 0 Å². The molecule has 0 aromatic heterocycles. The van der Waals surface area contributed by atoms with Crippen LogP contribution in [0.3, 0.4) is 0 Å². The Balaban J connectivity index is 2.80. The van der Waals surface area contributed by atoms with Crippen molar-refractivity contribution in [2.24, 2.45) is 0 Å². The first kappa shape index (κ1) is 23.3. The van der Waals surface area contributed by atoms with Crippen LogP contribution in [0.25, 0.3) is 0 Å². The van der Waals surface area contributed by atoms with Crippen LogP contribution in [-0.2, 0) is 30.4 Å². The number of halogens is 1. The van der Waals surface area contributed by atoms with Crippen molar-refractivity contribution in [3.8, 4) is 0 Å². The summed E-state index contributed by atoms with van der Waals surface area (Å²) in [6.45, 7) is 7.38. The predicted molar refractivity (Wildman–Crippen MR) is 106 cm³/mol. The Morgan fingerprint density at radius 1 is 1.19 bits per heavy atom. The maximum absolute atomic E-state index is 12.6. The van der Waals surface area contributed by atoms with Crippen LogP contribution in [-0.4, -0.2) is 41.5 Å². The van der Waals surface area contributed by atoms with E-state index in [0.29, 0.717) is 6.42 Å². The van der Waals surface area contributed by atoms with Crippen LogP contribution >= 0.6 is 15.9 Å². The number of rotatable bonds is 10. The first-order valence-electron chi connectivity index (χ1n) is 9.01. The van der Waals surface area contributed by atoms with Gasteiger partial charge < -0.3 is 9.53 Å². The number of nitrogens with zero attached hydrogens (tertiary/aromatic N) is 1. The summed E-state index contributed by atoms with van der Waals surface area (Å²) in [5, 5.41) is 1.24. The van der Waals surface area contributed by atoms with Crippen LogP contribution < -0.4 is 0 Å². The van der Waals surface area contributed by atoms with E-state index in [1.807, 2.05) is 24.3 Å². The minimum atomic E-state index is -0.596. The fraction of sp³-hybridized carbons (Fsp3) is 0.550. The van der Waals surface area contributed by atoms with Crippen molar-refractivity contribution in [2.45, 2.75) is 65.0 Å². The fourth-order valence-corrected chi connectivity index (χ4v) is 2.76. The van der Waals surface area contributed by atoms with Crippen molar-refractivity contribution in [3.63, 3.8) is 0 Å². The van der Waals surface area contributed by atoms with Gasteiger partial charge in [-0.25, -0.2) is 5.06 Å². The summed E-state index contributed by atoms with van der Waals surface area (Å²) in [5.74, 6) is -0.779. The number of hydroxylamine groups is 2. The predicted octanol–water partition coefficient (Wildman–Crippen LogP) is 3.85. The average molecular weight is 442 g/mol. The third kappa shape index (κ3) is 9.15. The smallest absolute Gasteiger partial charge is 0.306 e. The zero-order chi connectivity index (χ0) is 20.4. The third-order valence-corrected chi connectivity index (χ3v) is 4.09. The van der Waals surface area contributed by atoms with Gasteiger partial charge >= 0.3 is 5.97 Å². The van der Waals surface area contributed by atoms with E-state index in [1.165, 1.54) is 5.06 Å². The lowest BCUT2D eigenvalue weighted by Gasteiger charge is -2.29. The maximum Gasteiger partial charge on any atom is 0.306 e. The summed E-state index contributed by atoms with van der Waals surface area (Å²) in [4.78, 5) is 41.2. The quantitative estimate of drug-likeness (QED) is 0.313. The van der Waals surface area contributed by atoms with Crippen LogP contribution in [0.2, 0.25) is 0 Å². The topological polar surface area (TPSA) is 72.9 Å². The van der Waals surface area contributed by atoms with Crippen LogP contribution in [0.5, 0.6) is 0 Å². The fourth-order valence-electron chi connectivity index (χ4n) is 2.50. The number of carbonyl (C=O) groups excluding carboxylic acids is 3. The Labute approximate surface area is 169 Å². The van der Waals surface area contributed by atoms with Gasteiger partial charge in [0, 0.05) is 17.3 Å². The van der Waals surface area contributed by atoms with Gasteiger partial charge in [0.2, 0.25) is 5.91 Å². The molecule has 0 N–H and O–H groups in total. The highest BCUT2D eigenvalue weighted by molar-refractivity contribution is 9.10. The molecule has 0 heterocycles. The van der Waals surface area contributed by atoms with Crippen molar-refractivity contribution < 1.29 is 24.0 Å². The number of hydrogen-bond donors (Lipinski definition) is 0. The van der Waals surface area contributed by atoms with E-state index in [4.69, 9.17) is 9.57 Å². The lowest BCUT2D eigenvalue weighted by Crippen LogP contribution is -2.42. The standard InChI is InChI=1S/C20H28BrNO5/c1-5-26-22(18(24)10-11-19(25)27-20(2,3)4)17(12-13-23)14-15-6-8-16(21)9-7-15/h6-9,13,17H,5,10-12,14H2,1-4H3. The molecule has 0 aliphatic carbocycles. The van der Waals surface area contributed by atoms with Crippen molar-refractivity contribution >= 4 is 34.1 Å². The number of benzene rings is 1. The van der Waals surface area contributed by atoms with Gasteiger partial charge in [-0.2, -0.15) is 0 Å². The van der Waals surface area contributed by atoms with E-state index < -0.39 is 17.6 Å². The first-order chi connectivity index (χ1) is 12.7. The van der Waals surface area contributed by atoms with Crippen LogP contribution in [0.4, 0.5) is 0 Å². The number of amides is 1. The van der Waals surface area contributed by atoms with Crippen molar-refractivity contribution in [1.82, 2.24) is 5.06 Å². The molecule has 1 aromatic rings. The van der Waals surface area contributed by atoms with Gasteiger partial charge in [-0.15, -0.1) is 0 Å². The number of esters is 1. The molecule has 0 aliphatic rings. The normalized spacial score (nSPS) is 12.3. The summed E-state index contributed by atoms with van der Waals surface area (Å²) in [6, 6.07) is 7.23. The summed E-state index contributed by atoms with van der Waals surface area (Å²) in [6.07, 6.45) is 1.32. The number of hydrogen-bond acceptors (Lipinski definition) is 5. The molecule has 0 saturated heterocycles. The molecule has 1 aromatic carbocycles. The molecule has 0 aliphatic heterocycles. The minimum Gasteiger partial charge on any atom is -0.460 e. The number of carbonyl (C=O) groups is 3. The summed E-state index contributed by atoms with van der Waals surface area (Å²) >= 11 is 3.38. The molecule has 0 radical (unpaired) electrons. The Morgan fingerprint density at radius 3 is 2.33 bits per heavy atom. The SMILES string of the molecule is CCON(C(=O)CCC(=O)OC(C)(C)C)C(CC=O)Cc1ccc(Br)cc1. The zero-order valence-electron chi connectivity index (χ0n) is 16.4. The van der Waals surface area contributed by atoms with Gasteiger partial charge in [-0.1, -0.05) is 28.1 Å². The molecule has 1 rings (SSSR count). The second kappa shape index (κ2) is 11.2. The maximum atomic E-state index is 12.6. The Hall–Kier alpha value is -1.73. The molecule has 150 valence electrons. The van der Waals surface area contributed by atoms with Crippen LogP contribution in [0.1, 0.15) is 52.5 Å². The molecule has 1 unspecified atom stereocenters. The van der Waals surface area contributed by atoms with Crippen molar-refractivity contribution in [2.75, 3.05) is 6.61 Å². The van der Waals surface area contributed by atoms with E-state index >= 15 is 0 Å². The van der Waals surface area contributed by atoms with Gasteiger partial charge in [-0.3, -0.25) is 14.4 Å². The van der Waals surface area contributed by atoms with E-state index in [1.54, 1.807) is 27.7 Å². The molecule has 0 bridgehead atoms. The van der Waals surface area contributed by atoms with Gasteiger partial charge in [0.05, 0.1) is 19.1 Å². The van der Waals surface area contributed by atoms with E-state index in [9.17, 15) is 14.4 Å². The second-order valence-corrected chi connectivity index (χ2v) is 8.03. The Morgan fingerprint density at radius 2 is 1.81 bits per heavy atom. The van der Waals surface area contributed by atoms with Crippen molar-refractivity contribution in [3.05, 3.63) is 34.3 Å². The molecule has 1 amide bonds. The highest BCUT2D eigenvalue weighted by Gasteiger charge is 2.26. The lowest BCUT2D eigenvalue weighted by molar-refractivity contribution is -0.199. The second-order valence-electron chi connectivity index (χ2n) is 7.11. The molecule has 1 atom stereocenters. The molecular weight excluding hydrogens is 414 g/mol. The lowest BCUT2D eigenvalue weighted by atomic mass is 10.0. The Bertz CT molecular complexity index is 624. The third-order valence-electron chi connectivity index (χ3n) is 3.56. The number of ether oxygens (including phenoxy) is 1. The monoisotopic (exact) mass is 441 g/mol. The molecule has 0 saturated carbocycles. The molecule has 0 fully saturated rings. The van der Waals surface area contributed by atoms with E-state index in [2.05, 4.69) is 15.9 Å². The molecule has 27 heavy (non-hydrogen) atoms. The first-order valence-corrected chi connectivity index (χ1v) is 9.80. The van der Waals surface area contributed by atoms with Gasteiger partial charge in [0.25, 0.3) is 0 Å². The summed E-state index contributed by atoms with van der Waals surface area (Å²) in [5.41, 5.74) is 0.385.